The molecule has 3 aromatic rings. The number of rotatable bonds is 14. The van der Waals surface area contributed by atoms with Gasteiger partial charge in [-0.2, -0.15) is 0 Å². The van der Waals surface area contributed by atoms with Gasteiger partial charge in [-0.3, -0.25) is 14.4 Å². The third-order valence-corrected chi connectivity index (χ3v) is 23.1. The number of nitrogens with zero attached hydrogens (tertiary/aromatic N) is 3. The Morgan fingerprint density at radius 2 is 0.660 bits per heavy atom. The van der Waals surface area contributed by atoms with Crippen LogP contribution >= 0.6 is 34.0 Å². The average molecular weight is 1390 g/mol. The quantitative estimate of drug-likeness (QED) is 0.115. The number of esters is 2. The van der Waals surface area contributed by atoms with Crippen molar-refractivity contribution in [1.29, 1.82) is 0 Å². The molecule has 534 valence electrons. The van der Waals surface area contributed by atoms with E-state index < -0.39 is 17.9 Å². The van der Waals surface area contributed by atoms with Crippen LogP contribution in [-0.2, 0) is 33.3 Å². The number of hydrogen-bond acceptors (Lipinski definition) is 14. The normalized spacial score (nSPS) is 25.9. The summed E-state index contributed by atoms with van der Waals surface area (Å²) >= 11 is 3.81. The highest BCUT2D eigenvalue weighted by Gasteiger charge is 2.42. The lowest BCUT2D eigenvalue weighted by atomic mass is 9.81. The fraction of sp³-hybridized carbons (Fsp3) is 0.696. The summed E-state index contributed by atoms with van der Waals surface area (Å²) in [6.45, 7) is 25.1. The van der Waals surface area contributed by atoms with Crippen molar-refractivity contribution in [2.75, 3.05) is 43.1 Å². The number of ether oxygens (including phenoxy) is 4. The SMILES string of the molecule is COC(=O)c1sc(C#CC(C)(C)C)cc1N(C(=O)C1CCC(C)CC1)C1CCC(O)CC1.COC(=O)c1sc(C#CC(C)(C)C)cc1N(C(=O)C1CCC(C)CC1)C1CCC(OC)CC1.COC1CCC(N(C(=O)C2CCC(C)CC2)c2cc(C#CC(C)(C)C)sc2C(=O)O)CC1. The van der Waals surface area contributed by atoms with Crippen molar-refractivity contribution in [2.45, 2.75) is 274 Å². The van der Waals surface area contributed by atoms with E-state index in [9.17, 15) is 39.0 Å². The van der Waals surface area contributed by atoms with E-state index in [-0.39, 0.29) is 93.0 Å². The Morgan fingerprint density at radius 1 is 0.402 bits per heavy atom. The summed E-state index contributed by atoms with van der Waals surface area (Å²) in [5.74, 6) is 19.7. The molecule has 3 amide bonds. The van der Waals surface area contributed by atoms with E-state index in [1.54, 1.807) is 14.2 Å². The molecule has 6 fully saturated rings. The molecule has 18 heteroatoms. The molecule has 0 bridgehead atoms. The van der Waals surface area contributed by atoms with Crippen LogP contribution in [-0.4, -0.2) is 111 Å². The topological polar surface area (TPSA) is 190 Å². The summed E-state index contributed by atoms with van der Waals surface area (Å²) in [6.07, 6.45) is 21.7. The summed E-state index contributed by atoms with van der Waals surface area (Å²) in [5, 5.41) is 20.0. The lowest BCUT2D eigenvalue weighted by Gasteiger charge is -2.39. The molecule has 0 radical (unpaired) electrons. The molecule has 6 saturated carbocycles. The fourth-order valence-electron chi connectivity index (χ4n) is 14.2. The van der Waals surface area contributed by atoms with Gasteiger partial charge in [0.2, 0.25) is 17.7 Å². The highest BCUT2D eigenvalue weighted by Crippen LogP contribution is 2.44. The number of aromatic carboxylic acids is 1. The van der Waals surface area contributed by atoms with Gasteiger partial charge >= 0.3 is 17.9 Å². The maximum Gasteiger partial charge on any atom is 0.350 e. The molecule has 3 heterocycles. The molecule has 9 rings (SSSR count). The lowest BCUT2D eigenvalue weighted by Crippen LogP contribution is -2.47. The first-order valence-electron chi connectivity index (χ1n) is 35.9. The van der Waals surface area contributed by atoms with E-state index in [0.29, 0.717) is 62.3 Å². The van der Waals surface area contributed by atoms with Crippen LogP contribution in [0.1, 0.15) is 281 Å². The lowest BCUT2D eigenvalue weighted by molar-refractivity contribution is -0.125. The van der Waals surface area contributed by atoms with Gasteiger partial charge in [-0.05, 0) is 252 Å². The number of carbonyl (C=O) groups excluding carboxylic acids is 5. The minimum Gasteiger partial charge on any atom is -0.477 e. The maximum atomic E-state index is 14.0. The zero-order valence-electron chi connectivity index (χ0n) is 61.2. The van der Waals surface area contributed by atoms with Gasteiger partial charge in [0.25, 0.3) is 0 Å². The molecule has 0 aromatic carbocycles. The molecular weight excluding hydrogens is 1280 g/mol. The molecule has 6 aliphatic carbocycles. The number of aliphatic hydroxyl groups excluding tert-OH is 1. The number of thiophene rings is 3. The van der Waals surface area contributed by atoms with Crippen LogP contribution in [0.2, 0.25) is 0 Å². The van der Waals surface area contributed by atoms with Gasteiger partial charge in [0.05, 0.1) is 64.2 Å². The van der Waals surface area contributed by atoms with Crippen LogP contribution in [0.4, 0.5) is 17.1 Å². The Hall–Kier alpha value is -5.52. The zero-order valence-corrected chi connectivity index (χ0v) is 63.6. The summed E-state index contributed by atoms with van der Waals surface area (Å²) in [6, 6.07) is 5.70. The molecule has 97 heavy (non-hydrogen) atoms. The molecule has 0 unspecified atom stereocenters. The average Bonchev–Trinajstić information content (AvgIpc) is 1.71. The summed E-state index contributed by atoms with van der Waals surface area (Å²) < 4.78 is 21.3. The number of aliphatic hydroxyl groups is 1. The van der Waals surface area contributed by atoms with Gasteiger partial charge in [-0.25, -0.2) is 14.4 Å². The largest absolute Gasteiger partial charge is 0.477 e. The first kappa shape index (κ1) is 78.8. The van der Waals surface area contributed by atoms with E-state index in [0.717, 1.165) is 151 Å². The van der Waals surface area contributed by atoms with Crippen molar-refractivity contribution in [3.05, 3.63) is 47.5 Å². The minimum atomic E-state index is -0.991. The number of amides is 3. The van der Waals surface area contributed by atoms with Crippen molar-refractivity contribution in [3.8, 4) is 35.5 Å². The van der Waals surface area contributed by atoms with E-state index in [4.69, 9.17) is 18.9 Å². The number of methoxy groups -OCH3 is 4. The van der Waals surface area contributed by atoms with Crippen LogP contribution in [0.5, 0.6) is 0 Å². The third kappa shape index (κ3) is 22.7. The Kier molecular flexibility index (Phi) is 29.0. The van der Waals surface area contributed by atoms with E-state index in [2.05, 4.69) is 77.1 Å². The van der Waals surface area contributed by atoms with E-state index in [1.165, 1.54) is 48.2 Å². The molecule has 0 aliphatic heterocycles. The van der Waals surface area contributed by atoms with Crippen molar-refractivity contribution in [3.63, 3.8) is 0 Å². The Balaban J connectivity index is 0.000000205. The van der Waals surface area contributed by atoms with E-state index >= 15 is 0 Å². The van der Waals surface area contributed by atoms with Gasteiger partial charge < -0.3 is 43.9 Å². The minimum absolute atomic E-state index is 0.00405. The third-order valence-electron chi connectivity index (χ3n) is 20.1. The van der Waals surface area contributed by atoms with Crippen LogP contribution in [0.3, 0.4) is 0 Å². The van der Waals surface area contributed by atoms with Gasteiger partial charge in [0, 0.05) is 66.3 Å². The van der Waals surface area contributed by atoms with Crippen LogP contribution < -0.4 is 14.7 Å². The maximum absolute atomic E-state index is 14.0. The predicted octanol–water partition coefficient (Wildman–Crippen LogP) is 17.4. The second-order valence-electron chi connectivity index (χ2n) is 31.6. The Bertz CT molecular complexity index is 3330. The number of anilines is 3. The molecule has 6 aliphatic rings. The van der Waals surface area contributed by atoms with Crippen molar-refractivity contribution < 1.29 is 57.9 Å². The first-order valence-corrected chi connectivity index (χ1v) is 38.4. The number of carbonyl (C=O) groups is 6. The molecule has 2 N–H and O–H groups in total. The van der Waals surface area contributed by atoms with Crippen LogP contribution in [0.15, 0.2) is 18.2 Å². The molecule has 0 atom stereocenters. The second kappa shape index (κ2) is 35.7. The van der Waals surface area contributed by atoms with Crippen LogP contribution in [0, 0.1) is 87.3 Å². The number of carboxylic acids is 1. The number of carboxylic acid groups (broad SMARTS) is 1. The van der Waals surface area contributed by atoms with Gasteiger partial charge in [0.15, 0.2) is 0 Å². The second-order valence-corrected chi connectivity index (χ2v) is 34.7. The monoisotopic (exact) mass is 1390 g/mol. The van der Waals surface area contributed by atoms with Gasteiger partial charge in [-0.1, -0.05) is 56.3 Å². The van der Waals surface area contributed by atoms with Gasteiger partial charge in [0.1, 0.15) is 14.6 Å². The summed E-state index contributed by atoms with van der Waals surface area (Å²) in [7, 11) is 6.26. The Labute approximate surface area is 592 Å². The fourth-order valence-corrected chi connectivity index (χ4v) is 16.9. The molecular formula is C79H113N3O12S3. The van der Waals surface area contributed by atoms with Gasteiger partial charge in [-0.15, -0.1) is 34.0 Å². The molecule has 15 nitrogen and oxygen atoms in total. The summed E-state index contributed by atoms with van der Waals surface area (Å²) in [4.78, 5) is 88.3. The van der Waals surface area contributed by atoms with Crippen molar-refractivity contribution >= 4 is 86.7 Å². The predicted molar refractivity (Wildman–Crippen MR) is 392 cm³/mol. The van der Waals surface area contributed by atoms with E-state index in [1.807, 2.05) is 74.4 Å². The molecule has 3 aromatic heterocycles. The zero-order chi connectivity index (χ0) is 71.1. The first-order chi connectivity index (χ1) is 45.8. The van der Waals surface area contributed by atoms with Crippen molar-refractivity contribution in [1.82, 2.24) is 0 Å². The highest BCUT2D eigenvalue weighted by molar-refractivity contribution is 7.16. The molecule has 0 saturated heterocycles. The Morgan fingerprint density at radius 3 is 0.907 bits per heavy atom. The number of hydrogen-bond donors (Lipinski definition) is 2. The van der Waals surface area contributed by atoms with Crippen LogP contribution in [0.25, 0.3) is 0 Å². The highest BCUT2D eigenvalue weighted by atomic mass is 32.1. The smallest absolute Gasteiger partial charge is 0.350 e. The molecule has 0 spiro atoms. The van der Waals surface area contributed by atoms with Crippen molar-refractivity contribution in [2.24, 2.45) is 51.8 Å². The summed E-state index contributed by atoms with van der Waals surface area (Å²) in [5.41, 5.74) is 1.34. The standard InChI is InChI=1S/C27H39NO4S.2C26H37NO4S/c1-18-7-9-19(10-8-18)25(29)28(20-11-13-21(31-5)14-12-20)23-17-22(15-16-27(2,3)4)33-24(23)26(30)32-6;1-17-6-8-18(9-7-17)24(28)27(19-10-12-20(31-5)13-11-19)22-16-21(14-15-26(2,3)4)32-23(22)25(29)30;1-17-6-8-18(9-7-17)24(29)27(19-10-12-20(28)13-11-19)22-16-21(14-15-26(2,3)4)32-23(22)25(30)31-5/h17-21H,7-14H2,1-6H3;16-20H,6-13H2,1-5H3,(H,29,30);16-20,28H,6-13H2,1-5H3.